The third-order valence-corrected chi connectivity index (χ3v) is 4.12. The zero-order valence-corrected chi connectivity index (χ0v) is 17.5. The van der Waals surface area contributed by atoms with E-state index in [4.69, 9.17) is 15.9 Å². The van der Waals surface area contributed by atoms with Gasteiger partial charge in [-0.3, -0.25) is 19.2 Å². The number of aliphatic hydroxyl groups is 1. The number of amides is 3. The molecule has 0 aliphatic carbocycles. The van der Waals surface area contributed by atoms with Crippen LogP contribution in [0.15, 0.2) is 0 Å². The Balaban J connectivity index is 5.17. The molecule has 12 heteroatoms. The molecule has 0 aliphatic heterocycles. The van der Waals surface area contributed by atoms with Crippen molar-refractivity contribution in [2.75, 3.05) is 6.61 Å². The lowest BCUT2D eigenvalue weighted by Gasteiger charge is -2.26. The van der Waals surface area contributed by atoms with Crippen LogP contribution in [0.25, 0.3) is 0 Å². The van der Waals surface area contributed by atoms with E-state index in [1.807, 2.05) is 19.2 Å². The van der Waals surface area contributed by atoms with Crippen LogP contribution in [-0.4, -0.2) is 75.8 Å². The van der Waals surface area contributed by atoms with Crippen molar-refractivity contribution < 1.29 is 39.3 Å². The van der Waals surface area contributed by atoms with Gasteiger partial charge < -0.3 is 37.0 Å². The van der Waals surface area contributed by atoms with Crippen LogP contribution in [0.1, 0.15) is 40.5 Å². The lowest BCUT2D eigenvalue weighted by Crippen LogP contribution is -2.59. The maximum Gasteiger partial charge on any atom is 0.326 e. The molecule has 4 unspecified atom stereocenters. The second-order valence-corrected chi connectivity index (χ2v) is 7.71. The Morgan fingerprint density at radius 2 is 1.37 bits per heavy atom. The van der Waals surface area contributed by atoms with E-state index in [0.717, 1.165) is 0 Å². The standard InChI is InChI=1S/C18H32N4O8/c1-8(2)5-10(19)15(26)22-14(9(3)4)17(28)21-12(7-23)16(27)20-11(18(29)30)6-13(24)25/h8-12,14,23H,5-7,19H2,1-4H3,(H,20,27)(H,21,28)(H,22,26)(H,24,25)(H,29,30). The first-order valence-electron chi connectivity index (χ1n) is 9.52. The number of rotatable bonds is 13. The van der Waals surface area contributed by atoms with Crippen molar-refractivity contribution in [3.63, 3.8) is 0 Å². The molecule has 0 aliphatic rings. The quantitative estimate of drug-likeness (QED) is 0.172. The van der Waals surface area contributed by atoms with Crippen LogP contribution in [0.2, 0.25) is 0 Å². The summed E-state index contributed by atoms with van der Waals surface area (Å²) in [5, 5.41) is 33.8. The van der Waals surface area contributed by atoms with Gasteiger partial charge in [0.15, 0.2) is 0 Å². The number of hydrogen-bond acceptors (Lipinski definition) is 7. The number of carbonyl (C=O) groups is 5. The average molecular weight is 432 g/mol. The molecule has 8 N–H and O–H groups in total. The van der Waals surface area contributed by atoms with E-state index < -0.39 is 66.9 Å². The summed E-state index contributed by atoms with van der Waals surface area (Å²) in [7, 11) is 0. The summed E-state index contributed by atoms with van der Waals surface area (Å²) in [5.74, 6) is -5.67. The number of aliphatic carboxylic acids is 2. The van der Waals surface area contributed by atoms with Crippen molar-refractivity contribution in [3.8, 4) is 0 Å². The molecule has 0 fully saturated rings. The highest BCUT2D eigenvalue weighted by Gasteiger charge is 2.32. The molecular formula is C18H32N4O8. The molecule has 12 nitrogen and oxygen atoms in total. The monoisotopic (exact) mass is 432 g/mol. The molecule has 0 radical (unpaired) electrons. The third kappa shape index (κ3) is 9.65. The first-order valence-corrected chi connectivity index (χ1v) is 9.52. The smallest absolute Gasteiger partial charge is 0.326 e. The third-order valence-electron chi connectivity index (χ3n) is 4.12. The van der Waals surface area contributed by atoms with Gasteiger partial charge in [-0.15, -0.1) is 0 Å². The van der Waals surface area contributed by atoms with E-state index in [-0.39, 0.29) is 11.8 Å². The van der Waals surface area contributed by atoms with Crippen LogP contribution < -0.4 is 21.7 Å². The highest BCUT2D eigenvalue weighted by molar-refractivity contribution is 5.94. The lowest BCUT2D eigenvalue weighted by molar-refractivity contribution is -0.147. The minimum atomic E-state index is -1.74. The molecule has 0 aromatic carbocycles. The molecule has 172 valence electrons. The first-order chi connectivity index (χ1) is 13.8. The van der Waals surface area contributed by atoms with Gasteiger partial charge in [0.25, 0.3) is 0 Å². The van der Waals surface area contributed by atoms with Crippen molar-refractivity contribution in [2.45, 2.75) is 64.7 Å². The Bertz CT molecular complexity index is 638. The fourth-order valence-corrected chi connectivity index (χ4v) is 2.51. The Labute approximate surface area is 174 Å². The molecule has 0 heterocycles. The molecule has 0 saturated heterocycles. The summed E-state index contributed by atoms with van der Waals surface area (Å²) in [4.78, 5) is 58.8. The van der Waals surface area contributed by atoms with Crippen LogP contribution in [0.5, 0.6) is 0 Å². The molecule has 0 saturated carbocycles. The second kappa shape index (κ2) is 12.8. The van der Waals surface area contributed by atoms with Crippen LogP contribution in [0.3, 0.4) is 0 Å². The molecule has 0 spiro atoms. The number of carbonyl (C=O) groups excluding carboxylic acids is 3. The predicted octanol–water partition coefficient (Wildman–Crippen LogP) is -1.98. The summed E-state index contributed by atoms with van der Waals surface area (Å²) in [6.07, 6.45) is -0.480. The van der Waals surface area contributed by atoms with Gasteiger partial charge in [-0.1, -0.05) is 27.7 Å². The summed E-state index contributed by atoms with van der Waals surface area (Å²) < 4.78 is 0. The fourth-order valence-electron chi connectivity index (χ4n) is 2.51. The van der Waals surface area contributed by atoms with Gasteiger partial charge in [0.05, 0.1) is 19.1 Å². The Morgan fingerprint density at radius 3 is 1.77 bits per heavy atom. The van der Waals surface area contributed by atoms with E-state index in [1.165, 1.54) is 0 Å². The SMILES string of the molecule is CC(C)CC(N)C(=O)NC(C(=O)NC(CO)C(=O)NC(CC(=O)O)C(=O)O)C(C)C. The van der Waals surface area contributed by atoms with E-state index in [9.17, 15) is 29.1 Å². The van der Waals surface area contributed by atoms with Crippen molar-refractivity contribution in [2.24, 2.45) is 17.6 Å². The lowest BCUT2D eigenvalue weighted by atomic mass is 10.00. The summed E-state index contributed by atoms with van der Waals surface area (Å²) in [6, 6.07) is -5.18. The van der Waals surface area contributed by atoms with Crippen molar-refractivity contribution in [3.05, 3.63) is 0 Å². The minimum absolute atomic E-state index is 0.160. The van der Waals surface area contributed by atoms with Crippen LogP contribution in [0, 0.1) is 11.8 Å². The topological polar surface area (TPSA) is 208 Å². The van der Waals surface area contributed by atoms with Gasteiger partial charge in [0.2, 0.25) is 17.7 Å². The largest absolute Gasteiger partial charge is 0.481 e. The number of nitrogens with one attached hydrogen (secondary N) is 3. The molecular weight excluding hydrogens is 400 g/mol. The maximum absolute atomic E-state index is 12.6. The number of carboxylic acid groups (broad SMARTS) is 2. The number of carboxylic acids is 2. The van der Waals surface area contributed by atoms with E-state index in [2.05, 4.69) is 10.6 Å². The Kier molecular flexibility index (Phi) is 11.6. The van der Waals surface area contributed by atoms with E-state index in [0.29, 0.717) is 6.42 Å². The van der Waals surface area contributed by atoms with Crippen LogP contribution in [0.4, 0.5) is 0 Å². The van der Waals surface area contributed by atoms with Gasteiger partial charge in [-0.05, 0) is 18.3 Å². The molecule has 0 aromatic rings. The summed E-state index contributed by atoms with van der Waals surface area (Å²) in [6.45, 7) is 6.21. The van der Waals surface area contributed by atoms with Gasteiger partial charge in [0, 0.05) is 0 Å². The van der Waals surface area contributed by atoms with Crippen molar-refractivity contribution in [1.82, 2.24) is 16.0 Å². The fraction of sp³-hybridized carbons (Fsp3) is 0.722. The van der Waals surface area contributed by atoms with Crippen molar-refractivity contribution in [1.29, 1.82) is 0 Å². The predicted molar refractivity (Wildman–Crippen MR) is 105 cm³/mol. The van der Waals surface area contributed by atoms with Crippen molar-refractivity contribution >= 4 is 29.7 Å². The second-order valence-electron chi connectivity index (χ2n) is 7.71. The summed E-state index contributed by atoms with van der Waals surface area (Å²) in [5.41, 5.74) is 5.81. The van der Waals surface area contributed by atoms with Gasteiger partial charge >= 0.3 is 11.9 Å². The molecule has 0 rings (SSSR count). The van der Waals surface area contributed by atoms with Gasteiger partial charge in [-0.25, -0.2) is 4.79 Å². The summed E-state index contributed by atoms with van der Waals surface area (Å²) >= 11 is 0. The molecule has 0 aromatic heterocycles. The number of hydrogen-bond donors (Lipinski definition) is 7. The normalized spacial score (nSPS) is 15.1. The zero-order chi connectivity index (χ0) is 23.6. The number of aliphatic hydroxyl groups excluding tert-OH is 1. The first kappa shape index (κ1) is 27.3. The van der Waals surface area contributed by atoms with E-state index >= 15 is 0 Å². The average Bonchev–Trinajstić information content (AvgIpc) is 2.61. The van der Waals surface area contributed by atoms with E-state index in [1.54, 1.807) is 13.8 Å². The Morgan fingerprint density at radius 1 is 0.833 bits per heavy atom. The zero-order valence-electron chi connectivity index (χ0n) is 17.5. The van der Waals surface area contributed by atoms with Crippen LogP contribution in [-0.2, 0) is 24.0 Å². The maximum atomic E-state index is 12.6. The molecule has 3 amide bonds. The minimum Gasteiger partial charge on any atom is -0.481 e. The van der Waals surface area contributed by atoms with Gasteiger partial charge in [0.1, 0.15) is 18.1 Å². The molecule has 0 bridgehead atoms. The molecule has 4 atom stereocenters. The van der Waals surface area contributed by atoms with Crippen LogP contribution >= 0.6 is 0 Å². The van der Waals surface area contributed by atoms with Gasteiger partial charge in [-0.2, -0.15) is 0 Å². The Hall–Kier alpha value is -2.73. The highest BCUT2D eigenvalue weighted by atomic mass is 16.4. The number of nitrogens with two attached hydrogens (primary N) is 1. The highest BCUT2D eigenvalue weighted by Crippen LogP contribution is 2.07. The molecule has 30 heavy (non-hydrogen) atoms.